The number of pyridine rings is 1. The first-order valence-corrected chi connectivity index (χ1v) is 10.8. The van der Waals surface area contributed by atoms with E-state index in [0.29, 0.717) is 0 Å². The number of aromatic nitrogens is 2. The second-order valence-corrected chi connectivity index (χ2v) is 8.39. The monoisotopic (exact) mass is 419 g/mol. The first-order chi connectivity index (χ1) is 15.5. The average molecular weight is 420 g/mol. The van der Waals surface area contributed by atoms with Gasteiger partial charge in [-0.3, -0.25) is 4.79 Å². The van der Waals surface area contributed by atoms with Gasteiger partial charge in [-0.05, 0) is 67.1 Å². The van der Waals surface area contributed by atoms with Gasteiger partial charge in [0.25, 0.3) is 0 Å². The Hall–Kier alpha value is -3.92. The fourth-order valence-corrected chi connectivity index (χ4v) is 4.17. The first kappa shape index (κ1) is 20.0. The number of hydrogen-bond donors (Lipinski definition) is 1. The largest absolute Gasteiger partial charge is 0.325 e. The molecular weight excluding hydrogens is 394 g/mol. The SMILES string of the molecule is Cc1ccn2c(CC(=O)Nc3cccc4ccccc34)c(-c3ccc(C)c(C)c3)nc2c1. The zero-order valence-electron chi connectivity index (χ0n) is 18.5. The summed E-state index contributed by atoms with van der Waals surface area (Å²) in [6.07, 6.45) is 2.23. The summed E-state index contributed by atoms with van der Waals surface area (Å²) in [6, 6.07) is 24.5. The number of carbonyl (C=O) groups is 1. The van der Waals surface area contributed by atoms with Crippen LogP contribution in [0.1, 0.15) is 22.4 Å². The highest BCUT2D eigenvalue weighted by Gasteiger charge is 2.18. The summed E-state index contributed by atoms with van der Waals surface area (Å²) in [6.45, 7) is 6.26. The van der Waals surface area contributed by atoms with Crippen molar-refractivity contribution < 1.29 is 4.79 Å². The molecule has 32 heavy (non-hydrogen) atoms. The van der Waals surface area contributed by atoms with Gasteiger partial charge in [-0.25, -0.2) is 4.98 Å². The van der Waals surface area contributed by atoms with Crippen LogP contribution in [-0.2, 0) is 11.2 Å². The number of fused-ring (bicyclic) bond motifs is 2. The average Bonchev–Trinajstić information content (AvgIpc) is 3.13. The summed E-state index contributed by atoms with van der Waals surface area (Å²) >= 11 is 0. The molecular formula is C28H25N3O. The van der Waals surface area contributed by atoms with E-state index in [1.165, 1.54) is 11.1 Å². The highest BCUT2D eigenvalue weighted by Crippen LogP contribution is 2.28. The van der Waals surface area contributed by atoms with Gasteiger partial charge in [-0.2, -0.15) is 0 Å². The van der Waals surface area contributed by atoms with Crippen molar-refractivity contribution in [3.05, 3.63) is 101 Å². The molecule has 0 spiro atoms. The molecule has 0 bridgehead atoms. The molecule has 0 aliphatic rings. The minimum absolute atomic E-state index is 0.0613. The molecule has 0 aliphatic heterocycles. The molecule has 0 atom stereocenters. The quantitative estimate of drug-likeness (QED) is 0.374. The number of amides is 1. The van der Waals surface area contributed by atoms with E-state index in [2.05, 4.69) is 62.5 Å². The molecule has 0 aliphatic carbocycles. The maximum atomic E-state index is 13.2. The number of rotatable bonds is 4. The molecule has 2 heterocycles. The van der Waals surface area contributed by atoms with Crippen LogP contribution in [0.2, 0.25) is 0 Å². The van der Waals surface area contributed by atoms with Crippen LogP contribution in [-0.4, -0.2) is 15.3 Å². The molecule has 0 radical (unpaired) electrons. The topological polar surface area (TPSA) is 46.4 Å². The second-order valence-electron chi connectivity index (χ2n) is 8.39. The van der Waals surface area contributed by atoms with Crippen molar-refractivity contribution in [2.45, 2.75) is 27.2 Å². The lowest BCUT2D eigenvalue weighted by molar-refractivity contribution is -0.115. The van der Waals surface area contributed by atoms with Gasteiger partial charge in [0.15, 0.2) is 0 Å². The molecule has 158 valence electrons. The Kier molecular flexibility index (Phi) is 4.98. The van der Waals surface area contributed by atoms with Crippen LogP contribution in [0.3, 0.4) is 0 Å². The number of benzene rings is 3. The third kappa shape index (κ3) is 3.65. The molecule has 0 fully saturated rings. The molecule has 2 aromatic heterocycles. The van der Waals surface area contributed by atoms with E-state index in [0.717, 1.165) is 44.6 Å². The van der Waals surface area contributed by atoms with E-state index in [-0.39, 0.29) is 12.3 Å². The standard InChI is InChI=1S/C28H25N3O/c1-18-13-14-31-25(28(30-26(31)15-18)22-12-11-19(2)20(3)16-22)17-27(32)29-24-10-6-8-21-7-4-5-9-23(21)24/h4-16H,17H2,1-3H3,(H,29,32). The third-order valence-electron chi connectivity index (χ3n) is 6.05. The molecule has 5 rings (SSSR count). The maximum absolute atomic E-state index is 13.2. The Morgan fingerprint density at radius 2 is 1.72 bits per heavy atom. The van der Waals surface area contributed by atoms with Crippen LogP contribution in [0.4, 0.5) is 5.69 Å². The second kappa shape index (κ2) is 7.97. The third-order valence-corrected chi connectivity index (χ3v) is 6.05. The van der Waals surface area contributed by atoms with Crippen molar-refractivity contribution in [1.29, 1.82) is 0 Å². The Morgan fingerprint density at radius 1 is 0.906 bits per heavy atom. The summed E-state index contributed by atoms with van der Waals surface area (Å²) in [4.78, 5) is 18.1. The van der Waals surface area contributed by atoms with Crippen LogP contribution < -0.4 is 5.32 Å². The molecule has 4 heteroatoms. The minimum atomic E-state index is -0.0613. The van der Waals surface area contributed by atoms with E-state index in [1.807, 2.05) is 47.0 Å². The van der Waals surface area contributed by atoms with Gasteiger partial charge in [0, 0.05) is 22.8 Å². The predicted octanol–water partition coefficient (Wildman–Crippen LogP) is 6.26. The molecule has 1 N–H and O–H groups in total. The molecule has 0 unspecified atom stereocenters. The molecule has 4 nitrogen and oxygen atoms in total. The Morgan fingerprint density at radius 3 is 2.56 bits per heavy atom. The zero-order valence-corrected chi connectivity index (χ0v) is 18.5. The van der Waals surface area contributed by atoms with Crippen LogP contribution >= 0.6 is 0 Å². The van der Waals surface area contributed by atoms with Crippen LogP contribution in [0, 0.1) is 20.8 Å². The fourth-order valence-electron chi connectivity index (χ4n) is 4.17. The summed E-state index contributed by atoms with van der Waals surface area (Å²) < 4.78 is 2.03. The van der Waals surface area contributed by atoms with Crippen molar-refractivity contribution in [3.8, 4) is 11.3 Å². The van der Waals surface area contributed by atoms with Crippen molar-refractivity contribution in [2.75, 3.05) is 5.32 Å². The van der Waals surface area contributed by atoms with Gasteiger partial charge in [0.1, 0.15) is 5.65 Å². The number of anilines is 1. The number of hydrogen-bond acceptors (Lipinski definition) is 2. The highest BCUT2D eigenvalue weighted by molar-refractivity contribution is 6.02. The lowest BCUT2D eigenvalue weighted by atomic mass is 10.0. The highest BCUT2D eigenvalue weighted by atomic mass is 16.1. The summed E-state index contributed by atoms with van der Waals surface area (Å²) in [5, 5.41) is 5.26. The summed E-state index contributed by atoms with van der Waals surface area (Å²) in [7, 11) is 0. The van der Waals surface area contributed by atoms with E-state index in [1.54, 1.807) is 0 Å². The normalized spacial score (nSPS) is 11.2. The number of imidazole rings is 1. The summed E-state index contributed by atoms with van der Waals surface area (Å²) in [5.41, 5.74) is 8.04. The van der Waals surface area contributed by atoms with Gasteiger partial charge in [-0.1, -0.05) is 48.5 Å². The Bertz CT molecular complexity index is 1470. The molecule has 3 aromatic carbocycles. The zero-order chi connectivity index (χ0) is 22.2. The molecule has 5 aromatic rings. The number of aryl methyl sites for hydroxylation is 3. The maximum Gasteiger partial charge on any atom is 0.230 e. The molecule has 0 saturated heterocycles. The molecule has 0 saturated carbocycles. The smallest absolute Gasteiger partial charge is 0.230 e. The van der Waals surface area contributed by atoms with E-state index in [4.69, 9.17) is 4.98 Å². The number of nitrogens with zero attached hydrogens (tertiary/aromatic N) is 2. The predicted molar refractivity (Wildman–Crippen MR) is 131 cm³/mol. The van der Waals surface area contributed by atoms with Crippen molar-refractivity contribution in [1.82, 2.24) is 9.38 Å². The van der Waals surface area contributed by atoms with E-state index >= 15 is 0 Å². The van der Waals surface area contributed by atoms with E-state index < -0.39 is 0 Å². The Labute approximate surface area is 187 Å². The minimum Gasteiger partial charge on any atom is -0.325 e. The van der Waals surface area contributed by atoms with Gasteiger partial charge >= 0.3 is 0 Å². The van der Waals surface area contributed by atoms with Crippen molar-refractivity contribution >= 4 is 28.0 Å². The van der Waals surface area contributed by atoms with E-state index in [9.17, 15) is 4.79 Å². The van der Waals surface area contributed by atoms with Crippen LogP contribution in [0.25, 0.3) is 27.7 Å². The van der Waals surface area contributed by atoms with Gasteiger partial charge in [-0.15, -0.1) is 0 Å². The Balaban J connectivity index is 1.55. The lowest BCUT2D eigenvalue weighted by Gasteiger charge is -2.10. The van der Waals surface area contributed by atoms with Gasteiger partial charge < -0.3 is 9.72 Å². The van der Waals surface area contributed by atoms with Crippen molar-refractivity contribution in [3.63, 3.8) is 0 Å². The van der Waals surface area contributed by atoms with Gasteiger partial charge in [0.2, 0.25) is 5.91 Å². The first-order valence-electron chi connectivity index (χ1n) is 10.8. The van der Waals surface area contributed by atoms with Crippen LogP contribution in [0.15, 0.2) is 79.0 Å². The van der Waals surface area contributed by atoms with Gasteiger partial charge in [0.05, 0.1) is 17.8 Å². The number of carbonyl (C=O) groups excluding carboxylic acids is 1. The number of nitrogens with one attached hydrogen (secondary N) is 1. The van der Waals surface area contributed by atoms with Crippen LogP contribution in [0.5, 0.6) is 0 Å². The molecule has 1 amide bonds. The summed E-state index contributed by atoms with van der Waals surface area (Å²) in [5.74, 6) is -0.0613. The lowest BCUT2D eigenvalue weighted by Crippen LogP contribution is -2.16. The van der Waals surface area contributed by atoms with Crippen molar-refractivity contribution in [2.24, 2.45) is 0 Å². The fraction of sp³-hybridized carbons (Fsp3) is 0.143.